The third-order valence-electron chi connectivity index (χ3n) is 7.11. The number of furan rings is 1. The molecule has 4 rings (SSSR count). The molecule has 0 bridgehead atoms. The fraction of sp³-hybridized carbons (Fsp3) is 0.379. The standard InChI is InChI=1S/C29H33NO3/c1-18-15-24-25(29(5,6)14-13-28(24,3)4)17-21(18)16-23-11-12-26(33-23)27(32)30-22-9-7-20(8-10-22)19(2)31/h7-12,15,17H,13-14,16H2,1-6H3,(H,30,32). The third kappa shape index (κ3) is 4.66. The zero-order chi connectivity index (χ0) is 24.0. The van der Waals surface area contributed by atoms with E-state index in [1.807, 2.05) is 6.07 Å². The van der Waals surface area contributed by atoms with Crippen LogP contribution in [0.2, 0.25) is 0 Å². The summed E-state index contributed by atoms with van der Waals surface area (Å²) >= 11 is 0. The molecule has 1 N–H and O–H groups in total. The van der Waals surface area contributed by atoms with E-state index in [9.17, 15) is 9.59 Å². The number of anilines is 1. The van der Waals surface area contributed by atoms with E-state index in [1.165, 1.54) is 42.0 Å². The van der Waals surface area contributed by atoms with Gasteiger partial charge in [0.2, 0.25) is 0 Å². The maximum atomic E-state index is 12.6. The van der Waals surface area contributed by atoms with E-state index in [1.54, 1.807) is 30.3 Å². The van der Waals surface area contributed by atoms with Crippen molar-refractivity contribution >= 4 is 17.4 Å². The Morgan fingerprint density at radius 1 is 0.909 bits per heavy atom. The summed E-state index contributed by atoms with van der Waals surface area (Å²) in [5.41, 5.74) is 6.95. The molecule has 1 aliphatic rings. The Morgan fingerprint density at radius 3 is 2.12 bits per heavy atom. The van der Waals surface area contributed by atoms with E-state index in [2.05, 4.69) is 52.1 Å². The molecule has 3 aromatic rings. The topological polar surface area (TPSA) is 59.3 Å². The second-order valence-electron chi connectivity index (χ2n) is 10.6. The average molecular weight is 444 g/mol. The molecule has 2 aromatic carbocycles. The molecule has 1 aromatic heterocycles. The molecule has 0 fully saturated rings. The highest BCUT2D eigenvalue weighted by atomic mass is 16.3. The maximum Gasteiger partial charge on any atom is 0.291 e. The van der Waals surface area contributed by atoms with Crippen molar-refractivity contribution in [2.45, 2.75) is 71.6 Å². The number of carbonyl (C=O) groups excluding carboxylic acids is 2. The van der Waals surface area contributed by atoms with Gasteiger partial charge in [0.15, 0.2) is 11.5 Å². The van der Waals surface area contributed by atoms with Gasteiger partial charge in [-0.1, -0.05) is 39.8 Å². The number of amides is 1. The van der Waals surface area contributed by atoms with Crippen LogP contribution in [0.4, 0.5) is 5.69 Å². The number of Topliss-reactive ketones (excluding diaryl/α,β-unsaturated/α-hetero) is 1. The SMILES string of the molecule is CC(=O)c1ccc(NC(=O)c2ccc(Cc3cc4c(cc3C)C(C)(C)CCC4(C)C)o2)cc1. The first-order valence-electron chi connectivity index (χ1n) is 11.6. The van der Waals surface area contributed by atoms with Gasteiger partial charge in [-0.3, -0.25) is 9.59 Å². The molecule has 0 spiro atoms. The predicted molar refractivity (Wildman–Crippen MR) is 132 cm³/mol. The minimum atomic E-state index is -0.304. The lowest BCUT2D eigenvalue weighted by Crippen LogP contribution is -2.34. The van der Waals surface area contributed by atoms with Crippen LogP contribution in [0, 0.1) is 6.92 Å². The monoisotopic (exact) mass is 443 g/mol. The predicted octanol–water partition coefficient (Wildman–Crippen LogP) is 6.98. The number of hydrogen-bond acceptors (Lipinski definition) is 3. The number of fused-ring (bicyclic) bond motifs is 1. The Bertz CT molecular complexity index is 1210. The van der Waals surface area contributed by atoms with Gasteiger partial charge in [0.1, 0.15) is 5.76 Å². The highest BCUT2D eigenvalue weighted by Crippen LogP contribution is 2.46. The molecule has 4 heteroatoms. The highest BCUT2D eigenvalue weighted by Gasteiger charge is 2.37. The molecule has 1 heterocycles. The summed E-state index contributed by atoms with van der Waals surface area (Å²) in [7, 11) is 0. The zero-order valence-electron chi connectivity index (χ0n) is 20.5. The van der Waals surface area contributed by atoms with Gasteiger partial charge in [-0.05, 0) is 96.2 Å². The van der Waals surface area contributed by atoms with Crippen LogP contribution < -0.4 is 5.32 Å². The lowest BCUT2D eigenvalue weighted by atomic mass is 9.62. The second-order valence-corrected chi connectivity index (χ2v) is 10.6. The molecule has 172 valence electrons. The van der Waals surface area contributed by atoms with Crippen molar-refractivity contribution in [3.05, 3.63) is 87.9 Å². The summed E-state index contributed by atoms with van der Waals surface area (Å²) in [5, 5.41) is 2.83. The summed E-state index contributed by atoms with van der Waals surface area (Å²) < 4.78 is 5.91. The second kappa shape index (κ2) is 8.33. The summed E-state index contributed by atoms with van der Waals surface area (Å²) in [5.74, 6) is 0.732. The van der Waals surface area contributed by atoms with Crippen molar-refractivity contribution in [3.8, 4) is 0 Å². The molecule has 0 radical (unpaired) electrons. The lowest BCUT2D eigenvalue weighted by molar-refractivity contribution is 0.0993. The zero-order valence-corrected chi connectivity index (χ0v) is 20.5. The smallest absolute Gasteiger partial charge is 0.291 e. The minimum absolute atomic E-state index is 0.00650. The van der Waals surface area contributed by atoms with Crippen LogP contribution >= 0.6 is 0 Å². The van der Waals surface area contributed by atoms with Gasteiger partial charge < -0.3 is 9.73 Å². The Kier molecular flexibility index (Phi) is 5.81. The van der Waals surface area contributed by atoms with Gasteiger partial charge in [0.25, 0.3) is 5.91 Å². The molecule has 4 nitrogen and oxygen atoms in total. The number of nitrogens with one attached hydrogen (secondary N) is 1. The fourth-order valence-electron chi connectivity index (χ4n) is 4.72. The van der Waals surface area contributed by atoms with E-state index in [0.29, 0.717) is 17.7 Å². The Balaban J connectivity index is 1.53. The first kappa shape index (κ1) is 23.0. The summed E-state index contributed by atoms with van der Waals surface area (Å²) in [6.07, 6.45) is 3.02. The molecular formula is C29H33NO3. The van der Waals surface area contributed by atoms with Gasteiger partial charge in [0.05, 0.1) is 0 Å². The van der Waals surface area contributed by atoms with Crippen molar-refractivity contribution in [1.82, 2.24) is 0 Å². The number of aryl methyl sites for hydroxylation is 1. The van der Waals surface area contributed by atoms with Crippen molar-refractivity contribution in [3.63, 3.8) is 0 Å². The minimum Gasteiger partial charge on any atom is -0.456 e. The normalized spacial score (nSPS) is 16.2. The number of ketones is 1. The summed E-state index contributed by atoms with van der Waals surface area (Å²) in [6, 6.07) is 15.1. The molecule has 0 saturated carbocycles. The van der Waals surface area contributed by atoms with Crippen LogP contribution in [-0.2, 0) is 17.3 Å². The van der Waals surface area contributed by atoms with E-state index >= 15 is 0 Å². The molecule has 33 heavy (non-hydrogen) atoms. The molecule has 1 amide bonds. The molecule has 0 aliphatic heterocycles. The van der Waals surface area contributed by atoms with Crippen LogP contribution in [-0.4, -0.2) is 11.7 Å². The first-order valence-corrected chi connectivity index (χ1v) is 11.6. The van der Waals surface area contributed by atoms with Crippen LogP contribution in [0.15, 0.2) is 52.9 Å². The van der Waals surface area contributed by atoms with Crippen molar-refractivity contribution in [1.29, 1.82) is 0 Å². The van der Waals surface area contributed by atoms with E-state index in [0.717, 1.165) is 5.76 Å². The van der Waals surface area contributed by atoms with E-state index in [-0.39, 0.29) is 28.3 Å². The third-order valence-corrected chi connectivity index (χ3v) is 7.11. The van der Waals surface area contributed by atoms with E-state index in [4.69, 9.17) is 4.42 Å². The van der Waals surface area contributed by atoms with Gasteiger partial charge in [-0.25, -0.2) is 0 Å². The first-order chi connectivity index (χ1) is 15.5. The van der Waals surface area contributed by atoms with Crippen molar-refractivity contribution in [2.24, 2.45) is 0 Å². The molecule has 0 saturated heterocycles. The van der Waals surface area contributed by atoms with Gasteiger partial charge >= 0.3 is 0 Å². The number of hydrogen-bond donors (Lipinski definition) is 1. The molecule has 0 unspecified atom stereocenters. The highest BCUT2D eigenvalue weighted by molar-refractivity contribution is 6.02. The number of benzene rings is 2. The van der Waals surface area contributed by atoms with Crippen LogP contribution in [0.1, 0.15) is 96.4 Å². The fourth-order valence-corrected chi connectivity index (χ4v) is 4.72. The van der Waals surface area contributed by atoms with Crippen LogP contribution in [0.5, 0.6) is 0 Å². The quantitative estimate of drug-likeness (QED) is 0.433. The Labute approximate surface area is 196 Å². The number of rotatable bonds is 5. The van der Waals surface area contributed by atoms with Crippen molar-refractivity contribution < 1.29 is 14.0 Å². The van der Waals surface area contributed by atoms with Crippen LogP contribution in [0.25, 0.3) is 0 Å². The van der Waals surface area contributed by atoms with E-state index < -0.39 is 0 Å². The largest absolute Gasteiger partial charge is 0.456 e. The van der Waals surface area contributed by atoms with Gasteiger partial charge in [-0.2, -0.15) is 0 Å². The van der Waals surface area contributed by atoms with Crippen LogP contribution in [0.3, 0.4) is 0 Å². The Hall–Kier alpha value is -3.14. The van der Waals surface area contributed by atoms with Gasteiger partial charge in [-0.15, -0.1) is 0 Å². The lowest BCUT2D eigenvalue weighted by Gasteiger charge is -2.42. The summed E-state index contributed by atoms with van der Waals surface area (Å²) in [6.45, 7) is 13.0. The number of carbonyl (C=O) groups is 2. The molecule has 1 aliphatic carbocycles. The van der Waals surface area contributed by atoms with Crippen molar-refractivity contribution in [2.75, 3.05) is 5.32 Å². The molecular weight excluding hydrogens is 410 g/mol. The Morgan fingerprint density at radius 2 is 1.52 bits per heavy atom. The average Bonchev–Trinajstić information content (AvgIpc) is 3.22. The maximum absolute atomic E-state index is 12.6. The molecule has 0 atom stereocenters. The van der Waals surface area contributed by atoms with Gasteiger partial charge in [0, 0.05) is 17.7 Å². The summed E-state index contributed by atoms with van der Waals surface area (Å²) in [4.78, 5) is 24.1.